The molecule has 0 unspecified atom stereocenters. The van der Waals surface area contributed by atoms with Gasteiger partial charge in [0.05, 0.1) is 11.9 Å². The summed E-state index contributed by atoms with van der Waals surface area (Å²) in [6, 6.07) is 3.57. The van der Waals surface area contributed by atoms with Gasteiger partial charge >= 0.3 is 0 Å². The number of aliphatic imine (C=N–C) groups is 1. The number of benzene rings is 1. The van der Waals surface area contributed by atoms with Gasteiger partial charge in [-0.05, 0) is 12.1 Å². The number of allylic oxidation sites excluding steroid dienone is 1. The van der Waals surface area contributed by atoms with Crippen LogP contribution in [0.3, 0.4) is 0 Å². The smallest absolute Gasteiger partial charge is 0.239 e. The van der Waals surface area contributed by atoms with E-state index in [1.165, 1.54) is 24.7 Å². The number of carbonyl (C=O) groups excluding carboxylic acids is 1. The quantitative estimate of drug-likeness (QED) is 0.504. The molecule has 0 bridgehead atoms. The number of amides is 1. The van der Waals surface area contributed by atoms with Crippen molar-refractivity contribution in [2.45, 2.75) is 6.54 Å². The van der Waals surface area contributed by atoms with Crippen molar-refractivity contribution in [2.75, 3.05) is 17.2 Å². The number of anilines is 2. The molecule has 1 aromatic carbocycles. The molecule has 1 aromatic heterocycles. The van der Waals surface area contributed by atoms with Crippen LogP contribution in [-0.2, 0) is 11.3 Å². The SMILES string of the molecule is NC=C(C=NCC(N)=O)Nc1ncc(Cl)c(NCc2c(F)cccc2F)n1. The van der Waals surface area contributed by atoms with Crippen molar-refractivity contribution in [1.82, 2.24) is 9.97 Å². The van der Waals surface area contributed by atoms with Crippen LogP contribution < -0.4 is 22.1 Å². The predicted octanol–water partition coefficient (Wildman–Crippen LogP) is 1.79. The first kappa shape index (κ1) is 20.0. The molecular formula is C16H16ClF2N7O. The Labute approximate surface area is 158 Å². The topological polar surface area (TPSA) is 131 Å². The fourth-order valence-corrected chi connectivity index (χ4v) is 2.06. The maximum atomic E-state index is 13.7. The largest absolute Gasteiger partial charge is 0.403 e. The third kappa shape index (κ3) is 5.89. The average Bonchev–Trinajstić information content (AvgIpc) is 2.62. The Balaban J connectivity index is 2.11. The predicted molar refractivity (Wildman–Crippen MR) is 99.2 cm³/mol. The van der Waals surface area contributed by atoms with Crippen LogP contribution in [-0.4, -0.2) is 28.6 Å². The van der Waals surface area contributed by atoms with Gasteiger partial charge in [0.1, 0.15) is 23.2 Å². The highest BCUT2D eigenvalue weighted by Gasteiger charge is 2.11. The molecule has 142 valence electrons. The van der Waals surface area contributed by atoms with Crippen molar-refractivity contribution in [3.63, 3.8) is 0 Å². The number of carbonyl (C=O) groups is 1. The summed E-state index contributed by atoms with van der Waals surface area (Å²) in [7, 11) is 0. The Bertz CT molecular complexity index is 869. The Morgan fingerprint density at radius 2 is 2.04 bits per heavy atom. The highest BCUT2D eigenvalue weighted by Crippen LogP contribution is 2.21. The van der Waals surface area contributed by atoms with E-state index in [4.69, 9.17) is 23.1 Å². The van der Waals surface area contributed by atoms with Gasteiger partial charge in [-0.3, -0.25) is 9.79 Å². The fourth-order valence-electron chi connectivity index (χ4n) is 1.90. The summed E-state index contributed by atoms with van der Waals surface area (Å²) >= 11 is 6.01. The molecule has 2 rings (SSSR count). The first-order valence-corrected chi connectivity index (χ1v) is 7.95. The number of nitrogens with zero attached hydrogens (tertiary/aromatic N) is 3. The lowest BCUT2D eigenvalue weighted by atomic mass is 10.2. The van der Waals surface area contributed by atoms with E-state index in [2.05, 4.69) is 25.6 Å². The highest BCUT2D eigenvalue weighted by molar-refractivity contribution is 6.32. The molecule has 0 aliphatic heterocycles. The van der Waals surface area contributed by atoms with Crippen LogP contribution in [0.25, 0.3) is 0 Å². The lowest BCUT2D eigenvalue weighted by Crippen LogP contribution is -2.15. The monoisotopic (exact) mass is 395 g/mol. The maximum Gasteiger partial charge on any atom is 0.239 e. The van der Waals surface area contributed by atoms with Gasteiger partial charge < -0.3 is 22.1 Å². The lowest BCUT2D eigenvalue weighted by molar-refractivity contribution is -0.116. The molecule has 1 heterocycles. The second kappa shape index (κ2) is 9.43. The van der Waals surface area contributed by atoms with Crippen molar-refractivity contribution >= 4 is 35.5 Å². The van der Waals surface area contributed by atoms with Gasteiger partial charge in [-0.2, -0.15) is 4.98 Å². The second-order valence-corrected chi connectivity index (χ2v) is 5.53. The number of rotatable bonds is 8. The molecule has 11 heteroatoms. The molecule has 0 aliphatic carbocycles. The van der Waals surface area contributed by atoms with E-state index in [0.29, 0.717) is 5.70 Å². The molecule has 0 fully saturated rings. The van der Waals surface area contributed by atoms with E-state index in [9.17, 15) is 13.6 Å². The van der Waals surface area contributed by atoms with E-state index < -0.39 is 17.5 Å². The second-order valence-electron chi connectivity index (χ2n) is 5.13. The summed E-state index contributed by atoms with van der Waals surface area (Å²) in [6.45, 7) is -0.379. The van der Waals surface area contributed by atoms with Gasteiger partial charge in [0.2, 0.25) is 11.9 Å². The van der Waals surface area contributed by atoms with E-state index >= 15 is 0 Å². The molecule has 1 amide bonds. The van der Waals surface area contributed by atoms with Crippen molar-refractivity contribution in [2.24, 2.45) is 16.5 Å². The van der Waals surface area contributed by atoms with E-state index in [0.717, 1.165) is 12.1 Å². The number of hydrogen-bond acceptors (Lipinski definition) is 7. The molecule has 0 atom stereocenters. The van der Waals surface area contributed by atoms with Gasteiger partial charge in [0.15, 0.2) is 5.82 Å². The van der Waals surface area contributed by atoms with Crippen LogP contribution in [0.4, 0.5) is 20.5 Å². The van der Waals surface area contributed by atoms with E-state index in [1.54, 1.807) is 0 Å². The van der Waals surface area contributed by atoms with Crippen molar-refractivity contribution in [3.05, 3.63) is 58.5 Å². The molecule has 8 nitrogen and oxygen atoms in total. The molecule has 0 radical (unpaired) electrons. The van der Waals surface area contributed by atoms with Crippen LogP contribution in [0, 0.1) is 11.6 Å². The first-order chi connectivity index (χ1) is 12.9. The maximum absolute atomic E-state index is 13.7. The molecule has 2 aromatic rings. The van der Waals surface area contributed by atoms with Crippen LogP contribution in [0.5, 0.6) is 0 Å². The number of halogens is 3. The first-order valence-electron chi connectivity index (χ1n) is 7.57. The summed E-state index contributed by atoms with van der Waals surface area (Å²) in [5.41, 5.74) is 10.6. The average molecular weight is 396 g/mol. The summed E-state index contributed by atoms with van der Waals surface area (Å²) in [6.07, 6.45) is 3.76. The molecule has 0 saturated carbocycles. The zero-order valence-corrected chi connectivity index (χ0v) is 14.7. The van der Waals surface area contributed by atoms with Crippen molar-refractivity contribution in [1.29, 1.82) is 0 Å². The third-order valence-corrected chi connectivity index (χ3v) is 3.43. The van der Waals surface area contributed by atoms with Crippen LogP contribution in [0.15, 0.2) is 41.3 Å². The minimum absolute atomic E-state index is 0.0955. The number of primary amides is 1. The highest BCUT2D eigenvalue weighted by atomic mass is 35.5. The van der Waals surface area contributed by atoms with Crippen LogP contribution in [0.2, 0.25) is 5.02 Å². The third-order valence-electron chi connectivity index (χ3n) is 3.15. The zero-order chi connectivity index (χ0) is 19.8. The van der Waals surface area contributed by atoms with Crippen molar-refractivity contribution in [3.8, 4) is 0 Å². The zero-order valence-electron chi connectivity index (χ0n) is 13.9. The normalized spacial score (nSPS) is 11.6. The minimum atomic E-state index is -0.690. The Morgan fingerprint density at radius 1 is 1.33 bits per heavy atom. The van der Waals surface area contributed by atoms with Gasteiger partial charge in [-0.15, -0.1) is 0 Å². The lowest BCUT2D eigenvalue weighted by Gasteiger charge is -2.11. The van der Waals surface area contributed by atoms with Crippen molar-refractivity contribution < 1.29 is 13.6 Å². The Kier molecular flexibility index (Phi) is 7.00. The number of nitrogens with one attached hydrogen (secondary N) is 2. The molecule has 0 spiro atoms. The molecular weight excluding hydrogens is 380 g/mol. The number of nitrogens with two attached hydrogens (primary N) is 2. The van der Waals surface area contributed by atoms with Gasteiger partial charge in [-0.1, -0.05) is 17.7 Å². The van der Waals surface area contributed by atoms with E-state index in [-0.39, 0.29) is 35.4 Å². The van der Waals surface area contributed by atoms with Gasteiger partial charge in [-0.25, -0.2) is 13.8 Å². The minimum Gasteiger partial charge on any atom is -0.403 e. The van der Waals surface area contributed by atoms with Gasteiger partial charge in [0, 0.05) is 24.5 Å². The van der Waals surface area contributed by atoms with Crippen LogP contribution in [0.1, 0.15) is 5.56 Å². The summed E-state index contributed by atoms with van der Waals surface area (Å²) in [4.78, 5) is 22.6. The standard InChI is InChI=1S/C16H16ClF2N7O/c17-11-7-24-16(25-9(4-20)5-22-8-14(21)27)26-15(11)23-6-10-12(18)2-1-3-13(10)19/h1-5,7H,6,8,20H2,(H2,21,27)(H2,23,24,25,26). The number of aromatic nitrogens is 2. The summed E-state index contributed by atoms with van der Waals surface area (Å²) < 4.78 is 27.4. The van der Waals surface area contributed by atoms with Crippen LogP contribution >= 0.6 is 11.6 Å². The summed E-state index contributed by atoms with van der Waals surface area (Å²) in [5.74, 6) is -1.73. The molecule has 0 saturated heterocycles. The van der Waals surface area contributed by atoms with E-state index in [1.807, 2.05) is 0 Å². The molecule has 6 N–H and O–H groups in total. The molecule has 0 aliphatic rings. The number of hydrogen-bond donors (Lipinski definition) is 4. The Morgan fingerprint density at radius 3 is 2.67 bits per heavy atom. The Hall–Kier alpha value is -3.27. The summed E-state index contributed by atoms with van der Waals surface area (Å²) in [5, 5.41) is 5.66. The van der Waals surface area contributed by atoms with Gasteiger partial charge in [0.25, 0.3) is 0 Å². The molecule has 27 heavy (non-hydrogen) atoms. The fraction of sp³-hybridized carbons (Fsp3) is 0.125.